The highest BCUT2D eigenvalue weighted by molar-refractivity contribution is 7.98. The van der Waals surface area contributed by atoms with Gasteiger partial charge in [0.1, 0.15) is 0 Å². The van der Waals surface area contributed by atoms with Gasteiger partial charge in [0.15, 0.2) is 5.16 Å². The molecule has 0 spiro atoms. The lowest BCUT2D eigenvalue weighted by atomic mass is 10.0. The van der Waals surface area contributed by atoms with Gasteiger partial charge >= 0.3 is 5.97 Å². The van der Waals surface area contributed by atoms with E-state index in [2.05, 4.69) is 10.3 Å². The fourth-order valence-corrected chi connectivity index (χ4v) is 3.70. The van der Waals surface area contributed by atoms with Crippen molar-refractivity contribution in [3.8, 4) is 5.69 Å². The highest BCUT2D eigenvalue weighted by Crippen LogP contribution is 2.26. The van der Waals surface area contributed by atoms with Crippen LogP contribution in [0.4, 0.5) is 0 Å². The second kappa shape index (κ2) is 9.62. The molecular weight excluding hydrogens is 410 g/mol. The number of amides is 1. The number of nitrogens with zero attached hydrogens (tertiary/aromatic N) is 2. The number of imidazole rings is 1. The Balaban J connectivity index is 1.80. The predicted octanol–water partition coefficient (Wildman–Crippen LogP) is 4.28. The normalized spacial score (nSPS) is 11.7. The van der Waals surface area contributed by atoms with Crippen molar-refractivity contribution in [2.45, 2.75) is 17.6 Å². The van der Waals surface area contributed by atoms with Crippen LogP contribution in [0.2, 0.25) is 5.02 Å². The molecule has 6 nitrogen and oxygen atoms in total. The molecule has 1 unspecified atom stereocenters. The highest BCUT2D eigenvalue weighted by atomic mass is 35.5. The van der Waals surface area contributed by atoms with Crippen LogP contribution in [0, 0.1) is 0 Å². The molecule has 150 valence electrons. The zero-order valence-corrected chi connectivity index (χ0v) is 17.5. The van der Waals surface area contributed by atoms with E-state index in [1.807, 2.05) is 29.2 Å². The molecule has 1 heterocycles. The molecular formula is C21H20ClN3O3S. The fourth-order valence-electron chi connectivity index (χ4n) is 2.90. The number of methoxy groups -OCH3 is 1. The molecule has 2 aromatic carbocycles. The number of hydrogen-bond donors (Lipinski definition) is 1. The van der Waals surface area contributed by atoms with Crippen LogP contribution >= 0.6 is 23.4 Å². The lowest BCUT2D eigenvalue weighted by Crippen LogP contribution is -2.30. The summed E-state index contributed by atoms with van der Waals surface area (Å²) in [4.78, 5) is 28.9. The molecule has 1 N–H and O–H groups in total. The van der Waals surface area contributed by atoms with Gasteiger partial charge in [0, 0.05) is 28.7 Å². The van der Waals surface area contributed by atoms with Crippen molar-refractivity contribution in [2.24, 2.45) is 0 Å². The van der Waals surface area contributed by atoms with Gasteiger partial charge in [0.2, 0.25) is 0 Å². The van der Waals surface area contributed by atoms with Crippen molar-refractivity contribution in [1.29, 1.82) is 0 Å². The molecule has 1 amide bonds. The van der Waals surface area contributed by atoms with E-state index in [0.29, 0.717) is 16.1 Å². The van der Waals surface area contributed by atoms with Crippen LogP contribution in [-0.4, -0.2) is 34.8 Å². The fraction of sp³-hybridized carbons (Fsp3) is 0.190. The molecule has 29 heavy (non-hydrogen) atoms. The summed E-state index contributed by atoms with van der Waals surface area (Å²) in [6.45, 7) is 0. The maximum atomic E-state index is 12.8. The van der Waals surface area contributed by atoms with Crippen LogP contribution in [0.5, 0.6) is 0 Å². The molecule has 3 rings (SSSR count). The van der Waals surface area contributed by atoms with E-state index in [0.717, 1.165) is 10.8 Å². The number of halogens is 1. The monoisotopic (exact) mass is 429 g/mol. The Morgan fingerprint density at radius 1 is 1.21 bits per heavy atom. The van der Waals surface area contributed by atoms with Crippen molar-refractivity contribution >= 4 is 35.2 Å². The minimum atomic E-state index is -0.597. The van der Waals surface area contributed by atoms with E-state index >= 15 is 0 Å². The summed E-state index contributed by atoms with van der Waals surface area (Å²) in [5.74, 6) is -0.739. The van der Waals surface area contributed by atoms with E-state index in [1.165, 1.54) is 18.9 Å². The number of ether oxygens (including phenoxy) is 1. The predicted molar refractivity (Wildman–Crippen MR) is 114 cm³/mol. The molecule has 0 aliphatic carbocycles. The molecule has 1 atom stereocenters. The van der Waals surface area contributed by atoms with Crippen molar-refractivity contribution < 1.29 is 14.3 Å². The van der Waals surface area contributed by atoms with Crippen LogP contribution in [0.3, 0.4) is 0 Å². The van der Waals surface area contributed by atoms with Gasteiger partial charge in [-0.3, -0.25) is 14.2 Å². The first-order chi connectivity index (χ1) is 14.0. The summed E-state index contributed by atoms with van der Waals surface area (Å²) in [7, 11) is 1.31. The number of hydrogen-bond acceptors (Lipinski definition) is 5. The van der Waals surface area contributed by atoms with Gasteiger partial charge in [0.25, 0.3) is 5.91 Å². The van der Waals surface area contributed by atoms with E-state index in [-0.39, 0.29) is 12.3 Å². The van der Waals surface area contributed by atoms with Crippen LogP contribution in [0.25, 0.3) is 5.69 Å². The second-order valence-electron chi connectivity index (χ2n) is 6.16. The zero-order chi connectivity index (χ0) is 20.8. The summed E-state index contributed by atoms with van der Waals surface area (Å²) in [5.41, 5.74) is 2.04. The minimum Gasteiger partial charge on any atom is -0.469 e. The summed E-state index contributed by atoms with van der Waals surface area (Å²) in [6, 6.07) is 13.7. The third kappa shape index (κ3) is 4.99. The summed E-state index contributed by atoms with van der Waals surface area (Å²) in [5, 5.41) is 4.22. The maximum Gasteiger partial charge on any atom is 0.307 e. The Kier molecular flexibility index (Phi) is 6.95. The summed E-state index contributed by atoms with van der Waals surface area (Å²) in [6.07, 6.45) is 5.53. The maximum absolute atomic E-state index is 12.8. The van der Waals surface area contributed by atoms with Crippen molar-refractivity contribution in [2.75, 3.05) is 13.4 Å². The molecule has 8 heteroatoms. The Morgan fingerprint density at radius 3 is 2.59 bits per heavy atom. The van der Waals surface area contributed by atoms with Gasteiger partial charge in [-0.1, -0.05) is 41.6 Å². The van der Waals surface area contributed by atoms with Gasteiger partial charge in [0.05, 0.1) is 19.6 Å². The smallest absolute Gasteiger partial charge is 0.307 e. The lowest BCUT2D eigenvalue weighted by Gasteiger charge is -2.19. The quantitative estimate of drug-likeness (QED) is 0.448. The van der Waals surface area contributed by atoms with Crippen LogP contribution in [-0.2, 0) is 9.53 Å². The highest BCUT2D eigenvalue weighted by Gasteiger charge is 2.21. The second-order valence-corrected chi connectivity index (χ2v) is 7.34. The number of aromatic nitrogens is 2. The van der Waals surface area contributed by atoms with Crippen molar-refractivity contribution in [3.63, 3.8) is 0 Å². The molecule has 0 aliphatic heterocycles. The van der Waals surface area contributed by atoms with Crippen LogP contribution < -0.4 is 5.32 Å². The Morgan fingerprint density at radius 2 is 1.93 bits per heavy atom. The van der Waals surface area contributed by atoms with Gasteiger partial charge in [-0.05, 0) is 42.2 Å². The molecule has 0 aliphatic rings. The Bertz CT molecular complexity index is 1000. The Labute approximate surface area is 178 Å². The molecule has 0 saturated heterocycles. The number of carbonyl (C=O) groups is 2. The number of nitrogens with one attached hydrogen (secondary N) is 1. The number of benzene rings is 2. The van der Waals surface area contributed by atoms with Gasteiger partial charge in [-0.2, -0.15) is 0 Å². The van der Waals surface area contributed by atoms with Crippen molar-refractivity contribution in [3.05, 3.63) is 77.1 Å². The SMILES string of the molecule is COC(=O)CC(NC(=O)c1ccc(-n2ccnc2SC)cc1)c1ccccc1Cl. The molecule has 3 aromatic rings. The molecule has 0 radical (unpaired) electrons. The summed E-state index contributed by atoms with van der Waals surface area (Å²) >= 11 is 7.81. The topological polar surface area (TPSA) is 73.2 Å². The third-order valence-electron chi connectivity index (χ3n) is 4.38. The van der Waals surface area contributed by atoms with Gasteiger partial charge in [-0.15, -0.1) is 0 Å². The number of rotatable bonds is 7. The first kappa shape index (κ1) is 21.0. The van der Waals surface area contributed by atoms with E-state index in [4.69, 9.17) is 16.3 Å². The van der Waals surface area contributed by atoms with Crippen LogP contribution in [0.15, 0.2) is 66.1 Å². The van der Waals surface area contributed by atoms with E-state index in [9.17, 15) is 9.59 Å². The first-order valence-corrected chi connectivity index (χ1v) is 10.4. The number of esters is 1. The van der Waals surface area contributed by atoms with E-state index in [1.54, 1.807) is 42.6 Å². The standard InChI is InChI=1S/C21H20ClN3O3S/c1-28-19(26)13-18(16-5-3-4-6-17(16)22)24-20(27)14-7-9-15(10-8-14)25-12-11-23-21(25)29-2/h3-12,18H,13H2,1-2H3,(H,24,27). The van der Waals surface area contributed by atoms with E-state index < -0.39 is 12.0 Å². The molecule has 0 saturated carbocycles. The molecule has 0 fully saturated rings. The number of thioether (sulfide) groups is 1. The van der Waals surface area contributed by atoms with Crippen molar-refractivity contribution in [1.82, 2.24) is 14.9 Å². The zero-order valence-electron chi connectivity index (χ0n) is 16.0. The minimum absolute atomic E-state index is 0.0177. The van der Waals surface area contributed by atoms with Gasteiger partial charge in [-0.25, -0.2) is 4.98 Å². The average molecular weight is 430 g/mol. The molecule has 1 aromatic heterocycles. The Hall–Kier alpha value is -2.77. The first-order valence-electron chi connectivity index (χ1n) is 8.83. The lowest BCUT2D eigenvalue weighted by molar-refractivity contribution is -0.141. The third-order valence-corrected chi connectivity index (χ3v) is 5.39. The number of carbonyl (C=O) groups excluding carboxylic acids is 2. The molecule has 0 bridgehead atoms. The average Bonchev–Trinajstić information content (AvgIpc) is 3.22. The largest absolute Gasteiger partial charge is 0.469 e. The van der Waals surface area contributed by atoms with Crippen LogP contribution in [0.1, 0.15) is 28.4 Å². The van der Waals surface area contributed by atoms with Gasteiger partial charge < -0.3 is 10.1 Å². The summed E-state index contributed by atoms with van der Waals surface area (Å²) < 4.78 is 6.70.